The van der Waals surface area contributed by atoms with Crippen LogP contribution >= 0.6 is 11.6 Å². The second kappa shape index (κ2) is 8.91. The molecular weight excluding hydrogens is 364 g/mol. The molecule has 6 heteroatoms. The van der Waals surface area contributed by atoms with Gasteiger partial charge in [0.05, 0.1) is 0 Å². The number of halogens is 1. The van der Waals surface area contributed by atoms with Gasteiger partial charge >= 0.3 is 0 Å². The smallest absolute Gasteiger partial charge is 0.227 e. The van der Waals surface area contributed by atoms with Crippen molar-refractivity contribution in [1.82, 2.24) is 4.90 Å². The molecule has 1 fully saturated rings. The van der Waals surface area contributed by atoms with E-state index in [-0.39, 0.29) is 17.7 Å². The van der Waals surface area contributed by atoms with Crippen molar-refractivity contribution in [2.24, 2.45) is 5.92 Å². The predicted octanol–water partition coefficient (Wildman–Crippen LogP) is 4.12. The fraction of sp³-hybridized carbons (Fsp3) is 0.333. The minimum Gasteiger partial charge on any atom is -0.489 e. The van der Waals surface area contributed by atoms with Gasteiger partial charge in [0.25, 0.3) is 0 Å². The van der Waals surface area contributed by atoms with Gasteiger partial charge in [-0.2, -0.15) is 0 Å². The lowest BCUT2D eigenvalue weighted by atomic mass is 9.96. The Morgan fingerprint density at radius 2 is 1.78 bits per heavy atom. The van der Waals surface area contributed by atoms with E-state index in [0.717, 1.165) is 11.3 Å². The molecule has 1 aliphatic heterocycles. The minimum absolute atomic E-state index is 0.00272. The van der Waals surface area contributed by atoms with Crippen molar-refractivity contribution in [1.29, 1.82) is 0 Å². The number of piperidine rings is 1. The first-order valence-electron chi connectivity index (χ1n) is 9.05. The molecule has 1 aliphatic rings. The van der Waals surface area contributed by atoms with Gasteiger partial charge in [-0.1, -0.05) is 29.8 Å². The zero-order chi connectivity index (χ0) is 19.2. The van der Waals surface area contributed by atoms with Gasteiger partial charge in [-0.25, -0.2) is 0 Å². The van der Waals surface area contributed by atoms with E-state index in [9.17, 15) is 9.59 Å². The van der Waals surface area contributed by atoms with Crippen LogP contribution in [0.15, 0.2) is 48.5 Å². The zero-order valence-corrected chi connectivity index (χ0v) is 16.0. The number of hydrogen-bond acceptors (Lipinski definition) is 3. The van der Waals surface area contributed by atoms with E-state index in [0.29, 0.717) is 43.3 Å². The summed E-state index contributed by atoms with van der Waals surface area (Å²) in [4.78, 5) is 25.6. The topological polar surface area (TPSA) is 58.6 Å². The van der Waals surface area contributed by atoms with Gasteiger partial charge in [-0.05, 0) is 43.2 Å². The maximum absolute atomic E-state index is 12.4. The summed E-state index contributed by atoms with van der Waals surface area (Å²) in [5.41, 5.74) is 1.66. The Hall–Kier alpha value is -2.53. The summed E-state index contributed by atoms with van der Waals surface area (Å²) in [6, 6.07) is 14.9. The summed E-state index contributed by atoms with van der Waals surface area (Å²) in [6.07, 6.45) is 1.40. The van der Waals surface area contributed by atoms with Gasteiger partial charge < -0.3 is 15.0 Å². The second-order valence-electron chi connectivity index (χ2n) is 6.67. The molecule has 0 unspecified atom stereocenters. The van der Waals surface area contributed by atoms with Crippen LogP contribution in [0.3, 0.4) is 0 Å². The molecular formula is C21H23ClN2O3. The SMILES string of the molecule is CC(=O)N1CCC(C(=O)Nc2ccc(OCc3ccccc3Cl)cc2)CC1. The molecule has 1 heterocycles. The Morgan fingerprint density at radius 1 is 1.11 bits per heavy atom. The van der Waals surface area contributed by atoms with Crippen molar-refractivity contribution >= 4 is 29.1 Å². The highest BCUT2D eigenvalue weighted by Gasteiger charge is 2.25. The van der Waals surface area contributed by atoms with Crippen LogP contribution in [0.4, 0.5) is 5.69 Å². The monoisotopic (exact) mass is 386 g/mol. The van der Waals surface area contributed by atoms with Gasteiger partial charge in [-0.15, -0.1) is 0 Å². The molecule has 0 radical (unpaired) electrons. The Labute approximate surface area is 164 Å². The van der Waals surface area contributed by atoms with Crippen molar-refractivity contribution in [2.45, 2.75) is 26.4 Å². The van der Waals surface area contributed by atoms with Crippen LogP contribution in [0, 0.1) is 5.92 Å². The van der Waals surface area contributed by atoms with Crippen molar-refractivity contribution in [3.05, 3.63) is 59.1 Å². The van der Waals surface area contributed by atoms with Crippen LogP contribution in [-0.2, 0) is 16.2 Å². The summed E-state index contributed by atoms with van der Waals surface area (Å²) in [7, 11) is 0. The van der Waals surface area contributed by atoms with Gasteiger partial charge in [-0.3, -0.25) is 9.59 Å². The van der Waals surface area contributed by atoms with Crippen molar-refractivity contribution in [2.75, 3.05) is 18.4 Å². The number of rotatable bonds is 5. The van der Waals surface area contributed by atoms with Crippen LogP contribution in [0.25, 0.3) is 0 Å². The quantitative estimate of drug-likeness (QED) is 0.841. The molecule has 2 aromatic carbocycles. The van der Waals surface area contributed by atoms with Crippen LogP contribution in [0.1, 0.15) is 25.3 Å². The van der Waals surface area contributed by atoms with E-state index < -0.39 is 0 Å². The lowest BCUT2D eigenvalue weighted by Crippen LogP contribution is -2.40. The van der Waals surface area contributed by atoms with Crippen LogP contribution in [0.2, 0.25) is 5.02 Å². The average Bonchev–Trinajstić information content (AvgIpc) is 2.68. The maximum atomic E-state index is 12.4. The fourth-order valence-electron chi connectivity index (χ4n) is 3.11. The zero-order valence-electron chi connectivity index (χ0n) is 15.3. The van der Waals surface area contributed by atoms with Crippen molar-refractivity contribution in [3.63, 3.8) is 0 Å². The third-order valence-electron chi connectivity index (χ3n) is 4.79. The Kier molecular flexibility index (Phi) is 6.35. The minimum atomic E-state index is -0.0586. The van der Waals surface area contributed by atoms with E-state index >= 15 is 0 Å². The maximum Gasteiger partial charge on any atom is 0.227 e. The number of benzene rings is 2. The van der Waals surface area contributed by atoms with Gasteiger partial charge in [0, 0.05) is 42.2 Å². The largest absolute Gasteiger partial charge is 0.489 e. The number of hydrogen-bond donors (Lipinski definition) is 1. The predicted molar refractivity (Wildman–Crippen MR) is 106 cm³/mol. The molecule has 0 aliphatic carbocycles. The summed E-state index contributed by atoms with van der Waals surface area (Å²) in [6.45, 7) is 3.24. The first-order valence-corrected chi connectivity index (χ1v) is 9.43. The summed E-state index contributed by atoms with van der Waals surface area (Å²) >= 11 is 6.12. The number of nitrogens with one attached hydrogen (secondary N) is 1. The second-order valence-corrected chi connectivity index (χ2v) is 7.08. The van der Waals surface area contributed by atoms with Crippen molar-refractivity contribution < 1.29 is 14.3 Å². The lowest BCUT2D eigenvalue weighted by molar-refractivity contribution is -0.132. The Morgan fingerprint density at radius 3 is 2.41 bits per heavy atom. The van der Waals surface area contributed by atoms with Crippen LogP contribution < -0.4 is 10.1 Å². The number of nitrogens with zero attached hydrogens (tertiary/aromatic N) is 1. The third-order valence-corrected chi connectivity index (χ3v) is 5.15. The highest BCUT2D eigenvalue weighted by molar-refractivity contribution is 6.31. The molecule has 0 bridgehead atoms. The highest BCUT2D eigenvalue weighted by atomic mass is 35.5. The van der Waals surface area contributed by atoms with Gasteiger partial charge in [0.15, 0.2) is 0 Å². The number of carbonyl (C=O) groups excluding carboxylic acids is 2. The molecule has 142 valence electrons. The summed E-state index contributed by atoms with van der Waals surface area (Å²) in [5, 5.41) is 3.62. The first-order chi connectivity index (χ1) is 13.0. The molecule has 2 amide bonds. The number of likely N-dealkylation sites (tertiary alicyclic amines) is 1. The fourth-order valence-corrected chi connectivity index (χ4v) is 3.30. The molecule has 0 spiro atoms. The van der Waals surface area contributed by atoms with E-state index in [4.69, 9.17) is 16.3 Å². The summed E-state index contributed by atoms with van der Waals surface area (Å²) in [5.74, 6) is 0.726. The molecule has 0 saturated carbocycles. The number of carbonyl (C=O) groups is 2. The van der Waals surface area contributed by atoms with Crippen LogP contribution in [-0.4, -0.2) is 29.8 Å². The average molecular weight is 387 g/mol. The molecule has 27 heavy (non-hydrogen) atoms. The number of amides is 2. The first kappa shape index (κ1) is 19.2. The highest BCUT2D eigenvalue weighted by Crippen LogP contribution is 2.22. The molecule has 1 N–H and O–H groups in total. The lowest BCUT2D eigenvalue weighted by Gasteiger charge is -2.30. The Bertz CT molecular complexity index is 799. The van der Waals surface area contributed by atoms with E-state index in [1.165, 1.54) is 0 Å². The molecule has 1 saturated heterocycles. The molecule has 3 rings (SSSR count). The van der Waals surface area contributed by atoms with Crippen molar-refractivity contribution in [3.8, 4) is 5.75 Å². The molecule has 0 atom stereocenters. The Balaban J connectivity index is 1.49. The standard InChI is InChI=1S/C21H23ClN2O3/c1-15(25)24-12-10-16(11-13-24)21(26)23-18-6-8-19(9-7-18)27-14-17-4-2-3-5-20(17)22/h2-9,16H,10-14H2,1H3,(H,23,26). The summed E-state index contributed by atoms with van der Waals surface area (Å²) < 4.78 is 5.75. The third kappa shape index (κ3) is 5.23. The van der Waals surface area contributed by atoms with Gasteiger partial charge in [0.1, 0.15) is 12.4 Å². The molecule has 2 aromatic rings. The number of ether oxygens (including phenoxy) is 1. The van der Waals surface area contributed by atoms with Crippen LogP contribution in [0.5, 0.6) is 5.75 Å². The molecule has 0 aromatic heterocycles. The molecule has 5 nitrogen and oxygen atoms in total. The van der Waals surface area contributed by atoms with E-state index in [1.807, 2.05) is 48.5 Å². The van der Waals surface area contributed by atoms with E-state index in [2.05, 4.69) is 5.32 Å². The number of anilines is 1. The van der Waals surface area contributed by atoms with Gasteiger partial charge in [0.2, 0.25) is 11.8 Å². The normalized spacial score (nSPS) is 14.7. The van der Waals surface area contributed by atoms with E-state index in [1.54, 1.807) is 11.8 Å².